The van der Waals surface area contributed by atoms with Crippen LogP contribution in [0.25, 0.3) is 0 Å². The normalized spacial score (nSPS) is 46.4. The third kappa shape index (κ3) is 2.11. The maximum absolute atomic E-state index is 11.6. The van der Waals surface area contributed by atoms with Crippen molar-refractivity contribution in [1.82, 2.24) is 0 Å². The standard InChI is InChI=1S/C20H28O4/c1-18(2)7-5-8-19(3)14(18)6-9-20(4)15(19)10-12-13(24-20)11-16(21)23-17(12)22/h10-11,14-15,17,22H,5-9H2,1-4H3/t14-,15+,17?,19-,20-/m0/s1. The van der Waals surface area contributed by atoms with Crippen LogP contribution in [0, 0.1) is 22.7 Å². The molecule has 0 spiro atoms. The Morgan fingerprint density at radius 3 is 2.67 bits per heavy atom. The monoisotopic (exact) mass is 332 g/mol. The SMILES string of the molecule is CC1(C)CCC[C@]2(C)[C@H]3C=C4C(=CC(=O)OC4O)O[C@@]3(C)CC[C@@H]12. The van der Waals surface area contributed by atoms with Crippen molar-refractivity contribution >= 4 is 5.97 Å². The first-order valence-electron chi connectivity index (χ1n) is 9.17. The minimum atomic E-state index is -1.21. The molecular weight excluding hydrogens is 304 g/mol. The van der Waals surface area contributed by atoms with Crippen LogP contribution in [0.3, 0.4) is 0 Å². The molecule has 0 amide bonds. The van der Waals surface area contributed by atoms with Crippen LogP contribution in [0.4, 0.5) is 0 Å². The van der Waals surface area contributed by atoms with Gasteiger partial charge in [0.05, 0.1) is 11.6 Å². The van der Waals surface area contributed by atoms with E-state index in [1.165, 1.54) is 25.3 Å². The molecule has 0 bridgehead atoms. The number of fused-ring (bicyclic) bond motifs is 4. The van der Waals surface area contributed by atoms with E-state index in [0.717, 1.165) is 12.8 Å². The number of rotatable bonds is 0. The number of aliphatic hydroxyl groups excluding tert-OH is 1. The Hall–Kier alpha value is -1.29. The molecule has 0 aromatic carbocycles. The Balaban J connectivity index is 1.81. The summed E-state index contributed by atoms with van der Waals surface area (Å²) in [6.45, 7) is 9.37. The van der Waals surface area contributed by atoms with Crippen molar-refractivity contribution in [2.45, 2.75) is 71.7 Å². The first-order chi connectivity index (χ1) is 11.2. The second-order valence-corrected chi connectivity index (χ2v) is 9.25. The molecule has 5 atom stereocenters. The van der Waals surface area contributed by atoms with Gasteiger partial charge in [-0.05, 0) is 49.4 Å². The van der Waals surface area contributed by atoms with Crippen molar-refractivity contribution < 1.29 is 19.4 Å². The van der Waals surface area contributed by atoms with Gasteiger partial charge < -0.3 is 14.6 Å². The van der Waals surface area contributed by atoms with Crippen molar-refractivity contribution in [2.75, 3.05) is 0 Å². The summed E-state index contributed by atoms with van der Waals surface area (Å²) in [4.78, 5) is 11.6. The Morgan fingerprint density at radius 2 is 1.92 bits per heavy atom. The van der Waals surface area contributed by atoms with Crippen LogP contribution in [-0.4, -0.2) is 23.0 Å². The summed E-state index contributed by atoms with van der Waals surface area (Å²) in [5, 5.41) is 10.2. The van der Waals surface area contributed by atoms with Crippen molar-refractivity contribution in [1.29, 1.82) is 0 Å². The minimum absolute atomic E-state index is 0.147. The molecule has 2 aliphatic carbocycles. The van der Waals surface area contributed by atoms with Gasteiger partial charge in [0, 0.05) is 5.92 Å². The number of hydrogen-bond acceptors (Lipinski definition) is 4. The highest BCUT2D eigenvalue weighted by Gasteiger charge is 2.60. The van der Waals surface area contributed by atoms with Gasteiger partial charge in [-0.1, -0.05) is 33.3 Å². The summed E-state index contributed by atoms with van der Waals surface area (Å²) >= 11 is 0. The fourth-order valence-electron chi connectivity index (χ4n) is 6.23. The van der Waals surface area contributed by atoms with Crippen LogP contribution in [-0.2, 0) is 14.3 Å². The number of carbonyl (C=O) groups excluding carboxylic acids is 1. The lowest BCUT2D eigenvalue weighted by atomic mass is 9.45. The lowest BCUT2D eigenvalue weighted by molar-refractivity contribution is -0.177. The minimum Gasteiger partial charge on any atom is -0.486 e. The van der Waals surface area contributed by atoms with E-state index in [1.807, 2.05) is 0 Å². The zero-order valence-electron chi connectivity index (χ0n) is 15.1. The molecule has 2 aliphatic heterocycles. The second-order valence-electron chi connectivity index (χ2n) is 9.25. The van der Waals surface area contributed by atoms with Gasteiger partial charge in [0.1, 0.15) is 11.4 Å². The van der Waals surface area contributed by atoms with E-state index >= 15 is 0 Å². The summed E-state index contributed by atoms with van der Waals surface area (Å²) in [6.07, 6.45) is 8.15. The third-order valence-corrected chi connectivity index (χ3v) is 7.29. The van der Waals surface area contributed by atoms with Gasteiger partial charge in [-0.3, -0.25) is 0 Å². The molecule has 1 unspecified atom stereocenters. The average Bonchev–Trinajstić information content (AvgIpc) is 2.44. The molecule has 4 rings (SSSR count). The van der Waals surface area contributed by atoms with Crippen molar-refractivity contribution in [2.24, 2.45) is 22.7 Å². The van der Waals surface area contributed by atoms with E-state index in [-0.39, 0.29) is 16.9 Å². The van der Waals surface area contributed by atoms with Crippen LogP contribution in [0.2, 0.25) is 0 Å². The highest BCUT2D eigenvalue weighted by Crippen LogP contribution is 2.64. The molecule has 2 heterocycles. The molecule has 0 radical (unpaired) electrons. The number of aliphatic hydroxyl groups is 1. The largest absolute Gasteiger partial charge is 0.486 e. The molecule has 2 saturated carbocycles. The van der Waals surface area contributed by atoms with E-state index in [2.05, 4.69) is 33.8 Å². The highest BCUT2D eigenvalue weighted by atomic mass is 16.6. The van der Waals surface area contributed by atoms with Crippen LogP contribution in [0.5, 0.6) is 0 Å². The number of ether oxygens (including phenoxy) is 2. The molecule has 0 aromatic heterocycles. The summed E-state index contributed by atoms with van der Waals surface area (Å²) < 4.78 is 11.3. The summed E-state index contributed by atoms with van der Waals surface area (Å²) in [7, 11) is 0. The van der Waals surface area contributed by atoms with Gasteiger partial charge >= 0.3 is 5.97 Å². The third-order valence-electron chi connectivity index (χ3n) is 7.29. The van der Waals surface area contributed by atoms with Gasteiger partial charge in [0.15, 0.2) is 0 Å². The van der Waals surface area contributed by atoms with Crippen LogP contribution in [0.1, 0.15) is 59.8 Å². The number of hydrogen-bond donors (Lipinski definition) is 1. The predicted octanol–water partition coefficient (Wildman–Crippen LogP) is 3.70. The number of cyclic esters (lactones) is 1. The quantitative estimate of drug-likeness (QED) is 0.687. The van der Waals surface area contributed by atoms with E-state index in [1.54, 1.807) is 0 Å². The average molecular weight is 332 g/mol. The lowest BCUT2D eigenvalue weighted by Crippen LogP contribution is -2.59. The topological polar surface area (TPSA) is 55.8 Å². The molecule has 2 fully saturated rings. The van der Waals surface area contributed by atoms with Crippen molar-refractivity contribution in [3.63, 3.8) is 0 Å². The highest BCUT2D eigenvalue weighted by molar-refractivity contribution is 5.85. The molecule has 1 N–H and O–H groups in total. The van der Waals surface area contributed by atoms with Crippen LogP contribution in [0.15, 0.2) is 23.5 Å². The first-order valence-corrected chi connectivity index (χ1v) is 9.17. The van der Waals surface area contributed by atoms with Crippen molar-refractivity contribution in [3.05, 3.63) is 23.5 Å². The Kier molecular flexibility index (Phi) is 3.29. The molecule has 4 nitrogen and oxygen atoms in total. The molecule has 0 aromatic rings. The first kappa shape index (κ1) is 16.2. The van der Waals surface area contributed by atoms with Gasteiger partial charge in [-0.2, -0.15) is 0 Å². The molecule has 24 heavy (non-hydrogen) atoms. The smallest absolute Gasteiger partial charge is 0.337 e. The number of carbonyl (C=O) groups is 1. The van der Waals surface area contributed by atoms with Gasteiger partial charge in [0.25, 0.3) is 0 Å². The van der Waals surface area contributed by atoms with Crippen LogP contribution >= 0.6 is 0 Å². The van der Waals surface area contributed by atoms with E-state index in [4.69, 9.17) is 9.47 Å². The fourth-order valence-corrected chi connectivity index (χ4v) is 6.23. The van der Waals surface area contributed by atoms with Gasteiger partial charge in [0.2, 0.25) is 6.29 Å². The molecule has 4 heteroatoms. The maximum atomic E-state index is 11.6. The van der Waals surface area contributed by atoms with Gasteiger partial charge in [-0.25, -0.2) is 4.79 Å². The zero-order valence-corrected chi connectivity index (χ0v) is 15.1. The molecular formula is C20H28O4. The summed E-state index contributed by atoms with van der Waals surface area (Å²) in [5.41, 5.74) is 0.794. The van der Waals surface area contributed by atoms with Gasteiger partial charge in [-0.15, -0.1) is 0 Å². The fraction of sp³-hybridized carbons (Fsp3) is 0.750. The van der Waals surface area contributed by atoms with E-state index < -0.39 is 12.3 Å². The van der Waals surface area contributed by atoms with E-state index in [0.29, 0.717) is 22.7 Å². The van der Waals surface area contributed by atoms with Crippen molar-refractivity contribution in [3.8, 4) is 0 Å². The molecule has 0 saturated heterocycles. The Morgan fingerprint density at radius 1 is 1.17 bits per heavy atom. The summed E-state index contributed by atoms with van der Waals surface area (Å²) in [6, 6.07) is 0. The Bertz CT molecular complexity index is 646. The van der Waals surface area contributed by atoms with Crippen LogP contribution < -0.4 is 0 Å². The maximum Gasteiger partial charge on any atom is 0.337 e. The zero-order chi connectivity index (χ0) is 17.3. The Labute approximate surface area is 143 Å². The molecule has 132 valence electrons. The second kappa shape index (κ2) is 4.87. The van der Waals surface area contributed by atoms with E-state index in [9.17, 15) is 9.90 Å². The number of esters is 1. The predicted molar refractivity (Wildman–Crippen MR) is 89.7 cm³/mol. The lowest BCUT2D eigenvalue weighted by Gasteiger charge is -2.62. The summed E-state index contributed by atoms with van der Waals surface area (Å²) in [5.74, 6) is 0.832. The molecule has 4 aliphatic rings.